The Balaban J connectivity index is -0.0000000133. The summed E-state index contributed by atoms with van der Waals surface area (Å²) in [5.41, 5.74) is 0. The van der Waals surface area contributed by atoms with Gasteiger partial charge >= 0.3 is 0 Å². The second-order valence-electron chi connectivity index (χ2n) is 0. The molecule has 0 aliphatic carbocycles. The molecule has 0 fully saturated rings. The van der Waals surface area contributed by atoms with Crippen LogP contribution in [0.5, 0.6) is 0 Å². The summed E-state index contributed by atoms with van der Waals surface area (Å²) in [7, 11) is 3.44. The van der Waals surface area contributed by atoms with Gasteiger partial charge in [0, 0.05) is 0 Å². The van der Waals surface area contributed by atoms with E-state index in [0.29, 0.717) is 0 Å². The molecule has 0 aromatic carbocycles. The topological polar surface area (TPSA) is 34.1 Å². The first-order valence-electron chi connectivity index (χ1n) is 0.408. The highest BCUT2D eigenvalue weighted by molar-refractivity contribution is 7.59. The maximum absolute atomic E-state index is 8.06. The molecule has 0 bridgehead atoms. The van der Waals surface area contributed by atoms with E-state index in [1.165, 1.54) is 0 Å². The third-order valence-corrected chi connectivity index (χ3v) is 0. The van der Waals surface area contributed by atoms with Gasteiger partial charge in [-0.15, -0.1) is 0 Å². The molecule has 0 saturated carbocycles. The standard InChI is InChI=1S/2HOP.H2S/c2*1-2;/h2*2H;1H2. The smallest absolute Gasteiger partial charge is 0.138 e. The summed E-state index contributed by atoms with van der Waals surface area (Å²) in [5.74, 6) is 0. The zero-order chi connectivity index (χ0) is 4.00. The van der Waals surface area contributed by atoms with E-state index in [4.69, 9.17) is 9.13 Å². The van der Waals surface area contributed by atoms with Crippen LogP contribution in [-0.2, 0) is 9.13 Å². The molecule has 0 N–H and O–H groups in total. The van der Waals surface area contributed by atoms with Crippen molar-refractivity contribution in [3.8, 4) is 0 Å². The first-order chi connectivity index (χ1) is 2.00. The molecule has 5 heteroatoms. The molecule has 0 aromatic heterocycles. The van der Waals surface area contributed by atoms with E-state index in [9.17, 15) is 0 Å². The van der Waals surface area contributed by atoms with Crippen LogP contribution in [0.25, 0.3) is 0 Å². The van der Waals surface area contributed by atoms with Gasteiger partial charge in [-0.25, -0.2) is 0 Å². The highest BCUT2D eigenvalue weighted by atomic mass is 32.1. The van der Waals surface area contributed by atoms with Gasteiger partial charge in [0.15, 0.2) is 0 Å². The van der Waals surface area contributed by atoms with Crippen LogP contribution in [0.15, 0.2) is 0 Å². The quantitative estimate of drug-likeness (QED) is 0.459. The second kappa shape index (κ2) is 190. The first kappa shape index (κ1) is 17.7. The monoisotopic (exact) mass is 130 g/mol. The molecule has 0 aliphatic rings. The van der Waals surface area contributed by atoms with E-state index in [2.05, 4.69) is 0 Å². The average molecular weight is 130 g/mol. The van der Waals surface area contributed by atoms with Gasteiger partial charge in [-0.1, -0.05) is 0 Å². The van der Waals surface area contributed by atoms with Gasteiger partial charge in [0.05, 0.1) is 0 Å². The van der Waals surface area contributed by atoms with Gasteiger partial charge in [-0.2, -0.15) is 13.5 Å². The molecule has 0 amide bonds. The van der Waals surface area contributed by atoms with Gasteiger partial charge in [0.25, 0.3) is 0 Å². The Bertz CT molecular complexity index is 9.61. The van der Waals surface area contributed by atoms with Crippen molar-refractivity contribution in [2.24, 2.45) is 0 Å². The predicted molar refractivity (Wildman–Crippen MR) is 28.4 cm³/mol. The van der Waals surface area contributed by atoms with Gasteiger partial charge in [-0.3, -0.25) is 9.13 Å². The SMILES string of the molecule is O=P.O=P.S. The van der Waals surface area contributed by atoms with Crippen LogP contribution < -0.4 is 0 Å². The van der Waals surface area contributed by atoms with E-state index in [0.717, 1.165) is 0 Å². The van der Waals surface area contributed by atoms with Gasteiger partial charge in [0.1, 0.15) is 18.2 Å². The zero-order valence-corrected chi connectivity index (χ0v) is 5.32. The Morgan fingerprint density at radius 1 is 0.800 bits per heavy atom. The summed E-state index contributed by atoms with van der Waals surface area (Å²) >= 11 is 0. The second-order valence-corrected chi connectivity index (χ2v) is 0. The maximum atomic E-state index is 8.06. The minimum absolute atomic E-state index is 0. The van der Waals surface area contributed by atoms with Gasteiger partial charge in [0.2, 0.25) is 0 Å². The van der Waals surface area contributed by atoms with Crippen LogP contribution in [0.4, 0.5) is 0 Å². The Hall–Kier alpha value is 0.550. The highest BCUT2D eigenvalue weighted by Gasteiger charge is 0.669. The van der Waals surface area contributed by atoms with E-state index in [1.54, 1.807) is 18.2 Å². The van der Waals surface area contributed by atoms with E-state index >= 15 is 0 Å². The Morgan fingerprint density at radius 3 is 0.800 bits per heavy atom. The molecule has 0 spiro atoms. The van der Waals surface area contributed by atoms with Crippen LogP contribution >= 0.6 is 31.7 Å². The van der Waals surface area contributed by atoms with E-state index in [1.807, 2.05) is 0 Å². The van der Waals surface area contributed by atoms with Crippen molar-refractivity contribution in [3.63, 3.8) is 0 Å². The average Bonchev–Trinajstić information content (AvgIpc) is 1.50. The minimum Gasteiger partial charge on any atom is -0.279 e. The lowest BCUT2D eigenvalue weighted by molar-refractivity contribution is 0.607. The van der Waals surface area contributed by atoms with Gasteiger partial charge in [-0.05, 0) is 0 Å². The van der Waals surface area contributed by atoms with Crippen molar-refractivity contribution < 1.29 is 9.13 Å². The molecule has 0 aliphatic heterocycles. The van der Waals surface area contributed by atoms with Crippen LogP contribution in [0.3, 0.4) is 0 Å². The minimum atomic E-state index is 0. The summed E-state index contributed by atoms with van der Waals surface area (Å²) in [6.07, 6.45) is 0. The molecule has 0 aromatic rings. The van der Waals surface area contributed by atoms with Gasteiger partial charge < -0.3 is 0 Å². The molecule has 32 valence electrons. The molecule has 0 atom stereocenters. The van der Waals surface area contributed by atoms with E-state index in [-0.39, 0.29) is 13.5 Å². The van der Waals surface area contributed by atoms with Crippen molar-refractivity contribution in [2.75, 3.05) is 0 Å². The van der Waals surface area contributed by atoms with Crippen molar-refractivity contribution in [2.45, 2.75) is 0 Å². The molecule has 2 nitrogen and oxygen atoms in total. The zero-order valence-electron chi connectivity index (χ0n) is 2.32. The number of rotatable bonds is 0. The Kier molecular flexibility index (Phi) is 670. The Morgan fingerprint density at radius 2 is 0.800 bits per heavy atom. The lowest BCUT2D eigenvalue weighted by Crippen LogP contribution is -0.489. The molecule has 0 saturated heterocycles. The van der Waals surface area contributed by atoms with Crippen molar-refractivity contribution in [1.82, 2.24) is 0 Å². The molecule has 0 heterocycles. The number of hydrogen-bond donors (Lipinski definition) is 0. The fraction of sp³-hybridized carbons (Fsp3) is 0. The summed E-state index contributed by atoms with van der Waals surface area (Å²) in [6, 6.07) is 0. The van der Waals surface area contributed by atoms with E-state index < -0.39 is 0 Å². The predicted octanol–water partition coefficient (Wildman–Crippen LogP) is 1.06. The normalized spacial score (nSPS) is 1.60. The number of hydrogen-bond acceptors (Lipinski definition) is 2. The summed E-state index contributed by atoms with van der Waals surface area (Å²) in [6.45, 7) is 0. The van der Waals surface area contributed by atoms with Crippen molar-refractivity contribution >= 4 is 31.7 Å². The molecule has 0 radical (unpaired) electrons. The summed E-state index contributed by atoms with van der Waals surface area (Å²) in [5, 5.41) is 0. The fourth-order valence-electron chi connectivity index (χ4n) is 0. The third-order valence-electron chi connectivity index (χ3n) is 0. The largest absolute Gasteiger partial charge is 0.279 e. The maximum Gasteiger partial charge on any atom is 0.138 e. The Labute approximate surface area is 41.6 Å². The van der Waals surface area contributed by atoms with Crippen LogP contribution in [0.1, 0.15) is 0 Å². The molecular weight excluding hydrogens is 126 g/mol. The molecule has 0 rings (SSSR count). The van der Waals surface area contributed by atoms with Crippen LogP contribution in [-0.4, -0.2) is 0 Å². The van der Waals surface area contributed by atoms with Crippen LogP contribution in [0, 0.1) is 0 Å². The lowest BCUT2D eigenvalue weighted by atomic mass is 16.0. The molecule has 0 unspecified atom stereocenters. The summed E-state index contributed by atoms with van der Waals surface area (Å²) < 4.78 is 16.1. The van der Waals surface area contributed by atoms with Crippen molar-refractivity contribution in [1.29, 1.82) is 0 Å². The fourth-order valence-corrected chi connectivity index (χ4v) is 0. The van der Waals surface area contributed by atoms with Crippen LogP contribution in [0.2, 0.25) is 0 Å². The molecule has 5 heavy (non-hydrogen) atoms. The summed E-state index contributed by atoms with van der Waals surface area (Å²) in [4.78, 5) is 0. The van der Waals surface area contributed by atoms with Crippen molar-refractivity contribution in [3.05, 3.63) is 0 Å². The third kappa shape index (κ3) is 97.8. The highest BCUT2D eigenvalue weighted by Crippen LogP contribution is 1.23. The first-order valence-corrected chi connectivity index (χ1v) is 1.22. The molecular formula is H4O2P2S. The lowest BCUT2D eigenvalue weighted by Gasteiger charge is -0.807.